The second-order valence-electron chi connectivity index (χ2n) is 2.86. The largest absolute Gasteiger partial charge is 0.383 e. The molecule has 0 N–H and O–H groups in total. The van der Waals surface area contributed by atoms with E-state index >= 15 is 0 Å². The van der Waals surface area contributed by atoms with Crippen molar-refractivity contribution >= 4 is 0 Å². The number of ether oxygens (including phenoxy) is 1. The van der Waals surface area contributed by atoms with Gasteiger partial charge in [-0.3, -0.25) is 0 Å². The second kappa shape index (κ2) is 4.29. The normalized spacial score (nSPS) is 15.8. The van der Waals surface area contributed by atoms with Crippen molar-refractivity contribution in [2.24, 2.45) is 5.41 Å². The minimum Gasteiger partial charge on any atom is -0.383 e. The molecule has 1 atom stereocenters. The van der Waals surface area contributed by atoms with Gasteiger partial charge in [0.2, 0.25) is 0 Å². The zero-order valence-corrected chi connectivity index (χ0v) is 6.98. The molecule has 0 spiro atoms. The molecule has 0 aromatic rings. The fraction of sp³-hybridized carbons (Fsp3) is 0.875. The fourth-order valence-corrected chi connectivity index (χ4v) is 1.03. The maximum Gasteiger partial charge on any atom is 0.0778 e. The van der Waals surface area contributed by atoms with Crippen LogP contribution in [0.25, 0.3) is 0 Å². The van der Waals surface area contributed by atoms with E-state index in [1.165, 1.54) is 0 Å². The number of hydrogen-bond acceptors (Lipinski definition) is 2. The second-order valence-corrected chi connectivity index (χ2v) is 2.86. The van der Waals surface area contributed by atoms with E-state index in [9.17, 15) is 0 Å². The fourth-order valence-electron chi connectivity index (χ4n) is 1.03. The Morgan fingerprint density at radius 3 is 2.50 bits per heavy atom. The molecule has 2 heteroatoms. The van der Waals surface area contributed by atoms with E-state index in [0.717, 1.165) is 12.8 Å². The zero-order chi connectivity index (χ0) is 8.04. The Hall–Kier alpha value is -0.550. The molecule has 10 heavy (non-hydrogen) atoms. The van der Waals surface area contributed by atoms with Gasteiger partial charge in [-0.15, -0.1) is 0 Å². The van der Waals surface area contributed by atoms with Gasteiger partial charge in [0.05, 0.1) is 18.1 Å². The Morgan fingerprint density at radius 2 is 2.20 bits per heavy atom. The molecule has 1 unspecified atom stereocenters. The summed E-state index contributed by atoms with van der Waals surface area (Å²) in [6.07, 6.45) is 1.95. The van der Waals surface area contributed by atoms with E-state index in [4.69, 9.17) is 10.00 Å². The standard InChI is InChI=1S/C8H15NO/c1-4-5-8(2,6-9)7-10-3/h4-5,7H2,1-3H3. The molecule has 0 amide bonds. The summed E-state index contributed by atoms with van der Waals surface area (Å²) < 4.78 is 4.93. The van der Waals surface area contributed by atoms with Crippen LogP contribution < -0.4 is 0 Å². The predicted molar refractivity (Wildman–Crippen MR) is 40.5 cm³/mol. The van der Waals surface area contributed by atoms with E-state index in [-0.39, 0.29) is 5.41 Å². The molecule has 0 saturated heterocycles. The van der Waals surface area contributed by atoms with E-state index in [0.29, 0.717) is 6.61 Å². The van der Waals surface area contributed by atoms with Crippen molar-refractivity contribution in [3.8, 4) is 6.07 Å². The summed E-state index contributed by atoms with van der Waals surface area (Å²) in [5.41, 5.74) is -0.274. The summed E-state index contributed by atoms with van der Waals surface area (Å²) in [5.74, 6) is 0. The highest BCUT2D eigenvalue weighted by Crippen LogP contribution is 2.21. The number of nitriles is 1. The molecule has 2 nitrogen and oxygen atoms in total. The van der Waals surface area contributed by atoms with Crippen LogP contribution in [-0.2, 0) is 4.74 Å². The summed E-state index contributed by atoms with van der Waals surface area (Å²) in [6, 6.07) is 2.26. The predicted octanol–water partition coefficient (Wildman–Crippen LogP) is 1.96. The molecule has 0 rings (SSSR count). The minimum absolute atomic E-state index is 0.274. The van der Waals surface area contributed by atoms with Crippen LogP contribution in [0.1, 0.15) is 26.7 Å². The third kappa shape index (κ3) is 2.84. The van der Waals surface area contributed by atoms with Crippen LogP contribution in [0.4, 0.5) is 0 Å². The highest BCUT2D eigenvalue weighted by Gasteiger charge is 2.21. The zero-order valence-electron chi connectivity index (χ0n) is 6.98. The average molecular weight is 141 g/mol. The first kappa shape index (κ1) is 9.45. The molecule has 0 aromatic heterocycles. The lowest BCUT2D eigenvalue weighted by molar-refractivity contribution is 0.120. The minimum atomic E-state index is -0.274. The van der Waals surface area contributed by atoms with Gasteiger partial charge in [0.25, 0.3) is 0 Å². The summed E-state index contributed by atoms with van der Waals surface area (Å²) >= 11 is 0. The van der Waals surface area contributed by atoms with Crippen LogP contribution in [0, 0.1) is 16.7 Å². The third-order valence-electron chi connectivity index (χ3n) is 1.53. The van der Waals surface area contributed by atoms with Crippen molar-refractivity contribution in [1.29, 1.82) is 5.26 Å². The Kier molecular flexibility index (Phi) is 4.06. The van der Waals surface area contributed by atoms with Gasteiger partial charge >= 0.3 is 0 Å². The first-order valence-electron chi connectivity index (χ1n) is 3.58. The molecule has 58 valence electrons. The monoisotopic (exact) mass is 141 g/mol. The molecule has 0 aromatic carbocycles. The maximum atomic E-state index is 8.72. The lowest BCUT2D eigenvalue weighted by atomic mass is 9.88. The van der Waals surface area contributed by atoms with Crippen molar-refractivity contribution in [1.82, 2.24) is 0 Å². The Labute approximate surface area is 62.8 Å². The van der Waals surface area contributed by atoms with Gasteiger partial charge in [0.1, 0.15) is 0 Å². The molecule has 0 bridgehead atoms. The number of rotatable bonds is 4. The Morgan fingerprint density at radius 1 is 1.60 bits per heavy atom. The lowest BCUT2D eigenvalue weighted by Gasteiger charge is -2.18. The van der Waals surface area contributed by atoms with Crippen LogP contribution in [0.3, 0.4) is 0 Å². The van der Waals surface area contributed by atoms with Gasteiger partial charge in [-0.05, 0) is 13.3 Å². The molecule has 0 heterocycles. The highest BCUT2D eigenvalue weighted by atomic mass is 16.5. The quantitative estimate of drug-likeness (QED) is 0.599. The Bertz CT molecular complexity index is 120. The average Bonchev–Trinajstić information content (AvgIpc) is 1.89. The van der Waals surface area contributed by atoms with Gasteiger partial charge in [0.15, 0.2) is 0 Å². The highest BCUT2D eigenvalue weighted by molar-refractivity contribution is 4.94. The van der Waals surface area contributed by atoms with Crippen LogP contribution in [0.15, 0.2) is 0 Å². The molecule has 0 aliphatic heterocycles. The van der Waals surface area contributed by atoms with Crippen LogP contribution in [-0.4, -0.2) is 13.7 Å². The number of nitrogens with zero attached hydrogens (tertiary/aromatic N) is 1. The van der Waals surface area contributed by atoms with E-state index < -0.39 is 0 Å². The molecule has 0 aliphatic rings. The van der Waals surface area contributed by atoms with Gasteiger partial charge in [-0.1, -0.05) is 13.3 Å². The molecular formula is C8H15NO. The van der Waals surface area contributed by atoms with Crippen LogP contribution in [0.2, 0.25) is 0 Å². The topological polar surface area (TPSA) is 33.0 Å². The smallest absolute Gasteiger partial charge is 0.0778 e. The molecular weight excluding hydrogens is 126 g/mol. The third-order valence-corrected chi connectivity index (χ3v) is 1.53. The van der Waals surface area contributed by atoms with Crippen molar-refractivity contribution in [3.05, 3.63) is 0 Å². The lowest BCUT2D eigenvalue weighted by Crippen LogP contribution is -2.19. The van der Waals surface area contributed by atoms with Gasteiger partial charge in [0, 0.05) is 7.11 Å². The molecule has 0 saturated carbocycles. The first-order chi connectivity index (χ1) is 4.68. The number of methoxy groups -OCH3 is 1. The molecule has 0 aliphatic carbocycles. The van der Waals surface area contributed by atoms with Gasteiger partial charge < -0.3 is 4.74 Å². The molecule has 0 fully saturated rings. The summed E-state index contributed by atoms with van der Waals surface area (Å²) in [5, 5.41) is 8.72. The summed E-state index contributed by atoms with van der Waals surface area (Å²) in [4.78, 5) is 0. The van der Waals surface area contributed by atoms with Crippen LogP contribution in [0.5, 0.6) is 0 Å². The van der Waals surface area contributed by atoms with E-state index in [1.807, 2.05) is 6.92 Å². The van der Waals surface area contributed by atoms with E-state index in [1.54, 1.807) is 7.11 Å². The van der Waals surface area contributed by atoms with Crippen molar-refractivity contribution in [3.63, 3.8) is 0 Å². The Balaban J connectivity index is 3.85. The van der Waals surface area contributed by atoms with Crippen molar-refractivity contribution in [2.75, 3.05) is 13.7 Å². The summed E-state index contributed by atoms with van der Waals surface area (Å²) in [6.45, 7) is 4.54. The van der Waals surface area contributed by atoms with Crippen molar-refractivity contribution < 1.29 is 4.74 Å². The van der Waals surface area contributed by atoms with Gasteiger partial charge in [-0.25, -0.2) is 0 Å². The maximum absolute atomic E-state index is 8.72. The first-order valence-corrected chi connectivity index (χ1v) is 3.58. The number of hydrogen-bond donors (Lipinski definition) is 0. The summed E-state index contributed by atoms with van der Waals surface area (Å²) in [7, 11) is 1.63. The van der Waals surface area contributed by atoms with Crippen molar-refractivity contribution in [2.45, 2.75) is 26.7 Å². The van der Waals surface area contributed by atoms with Gasteiger partial charge in [-0.2, -0.15) is 5.26 Å². The SMILES string of the molecule is CCCC(C)(C#N)COC. The van der Waals surface area contributed by atoms with E-state index in [2.05, 4.69) is 13.0 Å². The van der Waals surface area contributed by atoms with Crippen LogP contribution >= 0.6 is 0 Å². The molecule has 0 radical (unpaired) electrons.